The molecule has 5 rings (SSSR count). The molecule has 0 unspecified atom stereocenters. The van der Waals surface area contributed by atoms with Crippen LogP contribution in [-0.4, -0.2) is 35.9 Å². The van der Waals surface area contributed by atoms with Crippen LogP contribution in [0.25, 0.3) is 23.6 Å². The molecule has 0 amide bonds. The van der Waals surface area contributed by atoms with Gasteiger partial charge < -0.3 is 8.83 Å². The van der Waals surface area contributed by atoms with Gasteiger partial charge in [0.25, 0.3) is 0 Å². The Morgan fingerprint density at radius 1 is 1.19 bits per heavy atom. The van der Waals surface area contributed by atoms with Crippen LogP contribution in [0.3, 0.4) is 0 Å². The van der Waals surface area contributed by atoms with Crippen molar-refractivity contribution < 1.29 is 8.83 Å². The van der Waals surface area contributed by atoms with Crippen molar-refractivity contribution in [3.63, 3.8) is 0 Å². The van der Waals surface area contributed by atoms with Gasteiger partial charge in [0.15, 0.2) is 0 Å². The highest BCUT2D eigenvalue weighted by molar-refractivity contribution is 7.71. The van der Waals surface area contributed by atoms with Crippen molar-refractivity contribution in [1.29, 1.82) is 0 Å². The average Bonchev–Trinajstić information content (AvgIpc) is 3.22. The van der Waals surface area contributed by atoms with Gasteiger partial charge >= 0.3 is 0 Å². The van der Waals surface area contributed by atoms with Crippen LogP contribution < -0.4 is 0 Å². The number of H-pyrrole nitrogens is 1. The predicted molar refractivity (Wildman–Crippen MR) is 123 cm³/mol. The van der Waals surface area contributed by atoms with Gasteiger partial charge in [-0.05, 0) is 68.4 Å². The number of aromatic nitrogens is 5. The zero-order valence-electron chi connectivity index (χ0n) is 17.4. The molecular weight excluding hydrogens is 448 g/mol. The summed E-state index contributed by atoms with van der Waals surface area (Å²) in [5.41, 5.74) is 0.727. The van der Waals surface area contributed by atoms with Gasteiger partial charge in [0.1, 0.15) is 17.3 Å². The number of hydrogen-bond acceptors (Lipinski definition) is 7. The highest BCUT2D eigenvalue weighted by atomic mass is 35.5. The molecule has 0 bridgehead atoms. The van der Waals surface area contributed by atoms with E-state index >= 15 is 0 Å². The van der Waals surface area contributed by atoms with E-state index in [-0.39, 0.29) is 0 Å². The molecular formula is C22H21ClN6O2S. The highest BCUT2D eigenvalue weighted by Gasteiger charge is 2.31. The van der Waals surface area contributed by atoms with Crippen molar-refractivity contribution in [2.75, 3.05) is 0 Å². The molecule has 3 heterocycles. The van der Waals surface area contributed by atoms with Crippen molar-refractivity contribution in [2.24, 2.45) is 0 Å². The third-order valence-corrected chi connectivity index (χ3v) is 5.80. The van der Waals surface area contributed by atoms with Crippen molar-refractivity contribution in [1.82, 2.24) is 29.9 Å². The second-order valence-electron chi connectivity index (χ2n) is 7.70. The number of rotatable bonds is 8. The summed E-state index contributed by atoms with van der Waals surface area (Å²) in [4.78, 5) is 6.68. The van der Waals surface area contributed by atoms with Crippen LogP contribution in [0.2, 0.25) is 5.02 Å². The fourth-order valence-corrected chi connectivity index (χ4v) is 3.82. The lowest BCUT2D eigenvalue weighted by Crippen LogP contribution is -2.29. The number of halogens is 1. The molecule has 0 aliphatic heterocycles. The Bertz CT molecular complexity index is 1320. The zero-order valence-corrected chi connectivity index (χ0v) is 18.9. The monoisotopic (exact) mass is 468 g/mol. The van der Waals surface area contributed by atoms with E-state index in [1.807, 2.05) is 54.1 Å². The quantitative estimate of drug-likeness (QED) is 0.349. The van der Waals surface area contributed by atoms with E-state index in [2.05, 4.69) is 25.2 Å². The van der Waals surface area contributed by atoms with Gasteiger partial charge in [-0.25, -0.2) is 4.68 Å². The second-order valence-corrected chi connectivity index (χ2v) is 8.47. The Morgan fingerprint density at radius 2 is 2.03 bits per heavy atom. The summed E-state index contributed by atoms with van der Waals surface area (Å²) in [7, 11) is 0. The molecule has 164 valence electrons. The molecule has 1 aliphatic carbocycles. The van der Waals surface area contributed by atoms with Gasteiger partial charge in [-0.3, -0.25) is 10.00 Å². The Labute approximate surface area is 194 Å². The van der Waals surface area contributed by atoms with Gasteiger partial charge in [0.05, 0.1) is 23.8 Å². The van der Waals surface area contributed by atoms with E-state index < -0.39 is 0 Å². The molecule has 1 N–H and O–H groups in total. The molecule has 32 heavy (non-hydrogen) atoms. The number of nitrogens with zero attached hydrogens (tertiary/aromatic N) is 5. The maximum Gasteiger partial charge on any atom is 0.249 e. The van der Waals surface area contributed by atoms with Crippen LogP contribution in [-0.2, 0) is 13.2 Å². The summed E-state index contributed by atoms with van der Waals surface area (Å²) in [6.07, 6.45) is 5.95. The third kappa shape index (κ3) is 4.74. The minimum atomic E-state index is 0.417. The van der Waals surface area contributed by atoms with E-state index in [4.69, 9.17) is 32.7 Å². The average molecular weight is 469 g/mol. The lowest BCUT2D eigenvalue weighted by atomic mass is 10.2. The van der Waals surface area contributed by atoms with Gasteiger partial charge in [-0.1, -0.05) is 23.7 Å². The van der Waals surface area contributed by atoms with E-state index in [0.717, 1.165) is 29.9 Å². The summed E-state index contributed by atoms with van der Waals surface area (Å²) in [5.74, 6) is 3.24. The smallest absolute Gasteiger partial charge is 0.249 e. The highest BCUT2D eigenvalue weighted by Crippen LogP contribution is 2.30. The molecule has 1 fully saturated rings. The topological polar surface area (TPSA) is 88.9 Å². The van der Waals surface area contributed by atoms with E-state index in [1.54, 1.807) is 6.07 Å². The zero-order chi connectivity index (χ0) is 22.1. The summed E-state index contributed by atoms with van der Waals surface area (Å²) in [5, 5.41) is 12.2. The van der Waals surface area contributed by atoms with Crippen LogP contribution in [0, 0.1) is 11.7 Å². The Balaban J connectivity index is 1.30. The van der Waals surface area contributed by atoms with Crippen LogP contribution in [0.5, 0.6) is 0 Å². The van der Waals surface area contributed by atoms with Crippen molar-refractivity contribution in [3.8, 4) is 11.5 Å². The molecule has 0 radical (unpaired) electrons. The SMILES string of the molecule is Cc1ccc(C=Cc2nc(=S)n(CN(Cc3nnc(-c4ccccc4Cl)o3)C3CC3)[nH]2)o1. The minimum Gasteiger partial charge on any atom is -0.462 e. The molecule has 0 atom stereocenters. The summed E-state index contributed by atoms with van der Waals surface area (Å²) < 4.78 is 13.8. The van der Waals surface area contributed by atoms with Gasteiger partial charge in [-0.2, -0.15) is 4.98 Å². The largest absolute Gasteiger partial charge is 0.462 e. The first-order valence-electron chi connectivity index (χ1n) is 10.3. The molecule has 4 aromatic rings. The van der Waals surface area contributed by atoms with Crippen LogP contribution >= 0.6 is 23.8 Å². The number of furan rings is 1. The fourth-order valence-electron chi connectivity index (χ4n) is 3.40. The van der Waals surface area contributed by atoms with Gasteiger partial charge in [-0.15, -0.1) is 10.2 Å². The number of hydrogen-bond donors (Lipinski definition) is 1. The van der Waals surface area contributed by atoms with Gasteiger partial charge in [0.2, 0.25) is 16.6 Å². The van der Waals surface area contributed by atoms with Crippen molar-refractivity contribution in [3.05, 3.63) is 69.4 Å². The van der Waals surface area contributed by atoms with E-state index in [0.29, 0.717) is 46.7 Å². The summed E-state index contributed by atoms with van der Waals surface area (Å²) >= 11 is 11.7. The number of aryl methyl sites for hydroxylation is 1. The number of benzene rings is 1. The molecule has 1 aliphatic rings. The Morgan fingerprint density at radius 3 is 2.78 bits per heavy atom. The maximum absolute atomic E-state index is 6.25. The molecule has 3 aromatic heterocycles. The second kappa shape index (κ2) is 8.85. The lowest BCUT2D eigenvalue weighted by molar-refractivity contribution is 0.170. The van der Waals surface area contributed by atoms with Crippen LogP contribution in [0.15, 0.2) is 45.2 Å². The molecule has 1 aromatic carbocycles. The number of aromatic amines is 1. The lowest BCUT2D eigenvalue weighted by Gasteiger charge is -2.19. The molecule has 0 saturated heterocycles. The first-order chi connectivity index (χ1) is 15.5. The normalized spacial score (nSPS) is 14.1. The predicted octanol–water partition coefficient (Wildman–Crippen LogP) is 5.34. The summed E-state index contributed by atoms with van der Waals surface area (Å²) in [6.45, 7) is 2.97. The van der Waals surface area contributed by atoms with Crippen LogP contribution in [0.4, 0.5) is 0 Å². The molecule has 0 spiro atoms. The molecule has 10 heteroatoms. The molecule has 8 nitrogen and oxygen atoms in total. The van der Waals surface area contributed by atoms with E-state index in [1.165, 1.54) is 0 Å². The van der Waals surface area contributed by atoms with Gasteiger partial charge in [0, 0.05) is 6.04 Å². The van der Waals surface area contributed by atoms with Crippen molar-refractivity contribution in [2.45, 2.75) is 39.0 Å². The van der Waals surface area contributed by atoms with Crippen LogP contribution in [0.1, 0.15) is 36.1 Å². The minimum absolute atomic E-state index is 0.417. The van der Waals surface area contributed by atoms with E-state index in [9.17, 15) is 0 Å². The Kier molecular flexibility index (Phi) is 5.77. The van der Waals surface area contributed by atoms with Crippen molar-refractivity contribution >= 4 is 36.0 Å². The standard InChI is InChI=1S/C22H21ClN6O2S/c1-14-6-9-16(30-14)10-11-19-24-22(32)29(27-19)13-28(15-7-8-15)12-20-25-26-21(31-20)17-4-2-3-5-18(17)23/h2-6,9-11,15H,7-8,12-13H2,1H3,(H,24,27,32). The third-order valence-electron chi connectivity index (χ3n) is 5.16. The summed E-state index contributed by atoms with van der Waals surface area (Å²) in [6, 6.07) is 11.7. The number of nitrogens with one attached hydrogen (secondary N) is 1. The maximum atomic E-state index is 6.25. The fraction of sp³-hybridized carbons (Fsp3) is 0.273. The Hall–Kier alpha value is -3.01. The first-order valence-corrected chi connectivity index (χ1v) is 11.1. The first kappa shape index (κ1) is 20.9. The molecule has 1 saturated carbocycles.